The van der Waals surface area contributed by atoms with Gasteiger partial charge >= 0.3 is 5.69 Å². The molecule has 2 heterocycles. The largest absolute Gasteiger partial charge is 0.486 e. The summed E-state index contributed by atoms with van der Waals surface area (Å²) in [7, 11) is 0. The van der Waals surface area contributed by atoms with E-state index in [4.69, 9.17) is 9.47 Å². The summed E-state index contributed by atoms with van der Waals surface area (Å²) in [5, 5.41) is 0.476. The Morgan fingerprint density at radius 1 is 1.04 bits per heavy atom. The van der Waals surface area contributed by atoms with Gasteiger partial charge in [0.2, 0.25) is 0 Å². The van der Waals surface area contributed by atoms with E-state index in [9.17, 15) is 9.59 Å². The first-order valence-electron chi connectivity index (χ1n) is 7.33. The number of nitrogens with zero attached hydrogens (tertiary/aromatic N) is 1. The van der Waals surface area contributed by atoms with Gasteiger partial charge in [-0.15, -0.1) is 0 Å². The Morgan fingerprint density at radius 3 is 2.65 bits per heavy atom. The zero-order chi connectivity index (χ0) is 15.8. The zero-order valence-electron chi connectivity index (χ0n) is 12.2. The first-order chi connectivity index (χ1) is 11.2. The van der Waals surface area contributed by atoms with E-state index in [-0.39, 0.29) is 18.7 Å². The molecule has 23 heavy (non-hydrogen) atoms. The van der Waals surface area contributed by atoms with Gasteiger partial charge in [-0.05, 0) is 24.3 Å². The Bertz CT molecular complexity index is 990. The van der Waals surface area contributed by atoms with E-state index >= 15 is 0 Å². The van der Waals surface area contributed by atoms with Crippen LogP contribution in [0.3, 0.4) is 0 Å². The number of hydrogen-bond donors (Lipinski definition) is 1. The van der Waals surface area contributed by atoms with Crippen molar-refractivity contribution in [3.8, 4) is 11.5 Å². The highest BCUT2D eigenvalue weighted by Crippen LogP contribution is 2.30. The van der Waals surface area contributed by atoms with Gasteiger partial charge in [0.05, 0.1) is 17.4 Å². The second kappa shape index (κ2) is 5.31. The Balaban J connectivity index is 1.69. The van der Waals surface area contributed by atoms with Gasteiger partial charge in [-0.25, -0.2) is 4.79 Å². The highest BCUT2D eigenvalue weighted by Gasteiger charge is 2.22. The van der Waals surface area contributed by atoms with Crippen molar-refractivity contribution in [2.45, 2.75) is 12.6 Å². The van der Waals surface area contributed by atoms with E-state index in [0.717, 1.165) is 4.57 Å². The standard InChI is InChI=1S/C17H14N2O4/c20-16-12-5-1-2-6-13(12)18-17(21)19(16)9-11-10-22-14-7-3-4-8-15(14)23-11/h1-8,11H,9-10H2,(H,18,21)/t11-/m0/s1. The summed E-state index contributed by atoms with van der Waals surface area (Å²) in [6.45, 7) is 0.420. The number of nitrogens with one attached hydrogen (secondary N) is 1. The number of ether oxygens (including phenoxy) is 2. The molecule has 1 aliphatic rings. The lowest BCUT2D eigenvalue weighted by Gasteiger charge is -2.26. The van der Waals surface area contributed by atoms with Gasteiger partial charge in [-0.1, -0.05) is 24.3 Å². The number of aromatic nitrogens is 2. The molecule has 0 bridgehead atoms. The molecule has 0 saturated heterocycles. The summed E-state index contributed by atoms with van der Waals surface area (Å²) in [6.07, 6.45) is -0.398. The molecule has 6 heteroatoms. The number of H-pyrrole nitrogens is 1. The molecule has 0 amide bonds. The Morgan fingerprint density at radius 2 is 1.78 bits per heavy atom. The van der Waals surface area contributed by atoms with Gasteiger partial charge < -0.3 is 14.5 Å². The quantitative estimate of drug-likeness (QED) is 0.779. The van der Waals surface area contributed by atoms with Crippen LogP contribution in [0, 0.1) is 0 Å². The Kier molecular flexibility index (Phi) is 3.15. The third-order valence-corrected chi connectivity index (χ3v) is 3.84. The van der Waals surface area contributed by atoms with Crippen LogP contribution in [0.2, 0.25) is 0 Å². The number of fused-ring (bicyclic) bond motifs is 2. The molecule has 0 unspecified atom stereocenters. The second-order valence-corrected chi connectivity index (χ2v) is 5.39. The highest BCUT2D eigenvalue weighted by molar-refractivity contribution is 5.76. The molecule has 1 aromatic heterocycles. The molecule has 0 radical (unpaired) electrons. The van der Waals surface area contributed by atoms with Crippen LogP contribution in [0.25, 0.3) is 10.9 Å². The molecule has 116 valence electrons. The topological polar surface area (TPSA) is 73.3 Å². The fourth-order valence-electron chi connectivity index (χ4n) is 2.72. The monoisotopic (exact) mass is 310 g/mol. The molecule has 4 rings (SSSR count). The van der Waals surface area contributed by atoms with Crippen molar-refractivity contribution in [3.05, 3.63) is 69.4 Å². The van der Waals surface area contributed by atoms with Crippen molar-refractivity contribution in [2.24, 2.45) is 0 Å². The van der Waals surface area contributed by atoms with Crippen LogP contribution < -0.4 is 20.7 Å². The first-order valence-corrected chi connectivity index (χ1v) is 7.33. The van der Waals surface area contributed by atoms with Gasteiger partial charge in [-0.3, -0.25) is 9.36 Å². The minimum absolute atomic E-state index is 0.132. The van der Waals surface area contributed by atoms with Crippen molar-refractivity contribution < 1.29 is 9.47 Å². The molecular weight excluding hydrogens is 296 g/mol. The number of hydrogen-bond acceptors (Lipinski definition) is 4. The Hall–Kier alpha value is -3.02. The lowest BCUT2D eigenvalue weighted by Crippen LogP contribution is -2.42. The van der Waals surface area contributed by atoms with E-state index < -0.39 is 11.8 Å². The maximum Gasteiger partial charge on any atom is 0.328 e. The summed E-state index contributed by atoms with van der Waals surface area (Å²) < 4.78 is 12.6. The van der Waals surface area contributed by atoms with Crippen molar-refractivity contribution in [2.75, 3.05) is 6.61 Å². The van der Waals surface area contributed by atoms with E-state index in [0.29, 0.717) is 22.4 Å². The lowest BCUT2D eigenvalue weighted by molar-refractivity contribution is 0.0769. The smallest absolute Gasteiger partial charge is 0.328 e. The van der Waals surface area contributed by atoms with Crippen molar-refractivity contribution in [3.63, 3.8) is 0 Å². The summed E-state index contributed by atoms with van der Waals surface area (Å²) >= 11 is 0. The average molecular weight is 310 g/mol. The maximum absolute atomic E-state index is 12.5. The number of para-hydroxylation sites is 3. The van der Waals surface area contributed by atoms with E-state index in [1.54, 1.807) is 30.3 Å². The predicted octanol–water partition coefficient (Wildman–Crippen LogP) is 1.53. The third-order valence-electron chi connectivity index (χ3n) is 3.84. The number of aromatic amines is 1. The van der Waals surface area contributed by atoms with Crippen LogP contribution in [0.1, 0.15) is 0 Å². The minimum Gasteiger partial charge on any atom is -0.486 e. The minimum atomic E-state index is -0.448. The van der Waals surface area contributed by atoms with Crippen LogP contribution >= 0.6 is 0 Å². The van der Waals surface area contributed by atoms with Crippen LogP contribution in [-0.4, -0.2) is 22.3 Å². The molecule has 1 atom stereocenters. The molecule has 3 aromatic rings. The summed E-state index contributed by atoms with van der Waals surface area (Å²) in [5.41, 5.74) is -0.243. The zero-order valence-corrected chi connectivity index (χ0v) is 12.2. The first kappa shape index (κ1) is 13.6. The van der Waals surface area contributed by atoms with Gasteiger partial charge in [0, 0.05) is 0 Å². The van der Waals surface area contributed by atoms with E-state index in [2.05, 4.69) is 4.98 Å². The molecule has 0 spiro atoms. The van der Waals surface area contributed by atoms with Gasteiger partial charge in [0.15, 0.2) is 17.6 Å². The van der Waals surface area contributed by atoms with E-state index in [1.807, 2.05) is 18.2 Å². The lowest BCUT2D eigenvalue weighted by atomic mass is 10.2. The molecule has 0 aliphatic carbocycles. The Labute approximate surface area is 130 Å². The van der Waals surface area contributed by atoms with E-state index in [1.165, 1.54) is 0 Å². The fourth-order valence-corrected chi connectivity index (χ4v) is 2.72. The molecule has 6 nitrogen and oxygen atoms in total. The summed E-state index contributed by atoms with van der Waals surface area (Å²) in [4.78, 5) is 27.4. The van der Waals surface area contributed by atoms with Gasteiger partial charge in [-0.2, -0.15) is 0 Å². The SMILES string of the molecule is O=c1[nH]c2ccccc2c(=O)n1C[C@H]1COc2ccccc2O1. The van der Waals surface area contributed by atoms with Crippen LogP contribution in [0.5, 0.6) is 11.5 Å². The number of benzene rings is 2. The molecule has 1 aliphatic heterocycles. The summed E-state index contributed by atoms with van der Waals surface area (Å²) in [6, 6.07) is 14.3. The maximum atomic E-state index is 12.5. The normalized spacial score (nSPS) is 16.4. The molecule has 0 fully saturated rings. The predicted molar refractivity (Wildman–Crippen MR) is 85.2 cm³/mol. The van der Waals surface area contributed by atoms with Crippen molar-refractivity contribution in [1.82, 2.24) is 9.55 Å². The summed E-state index contributed by atoms with van der Waals surface area (Å²) in [5.74, 6) is 1.29. The van der Waals surface area contributed by atoms with Crippen LogP contribution in [-0.2, 0) is 6.54 Å². The van der Waals surface area contributed by atoms with Gasteiger partial charge in [0.25, 0.3) is 5.56 Å². The fraction of sp³-hybridized carbons (Fsp3) is 0.176. The van der Waals surface area contributed by atoms with Gasteiger partial charge in [0.1, 0.15) is 6.61 Å². The molecule has 2 aromatic carbocycles. The van der Waals surface area contributed by atoms with Crippen molar-refractivity contribution >= 4 is 10.9 Å². The number of rotatable bonds is 2. The van der Waals surface area contributed by atoms with Crippen LogP contribution in [0.15, 0.2) is 58.1 Å². The molecule has 1 N–H and O–H groups in total. The molecular formula is C17H14N2O4. The average Bonchev–Trinajstić information content (AvgIpc) is 2.58. The van der Waals surface area contributed by atoms with Crippen molar-refractivity contribution in [1.29, 1.82) is 0 Å². The highest BCUT2D eigenvalue weighted by atomic mass is 16.6. The van der Waals surface area contributed by atoms with Crippen LogP contribution in [0.4, 0.5) is 0 Å². The second-order valence-electron chi connectivity index (χ2n) is 5.39. The molecule has 0 saturated carbocycles. The third kappa shape index (κ3) is 2.38.